The van der Waals surface area contributed by atoms with E-state index < -0.39 is 11.5 Å². The molecule has 6 heteroatoms. The molecule has 1 amide bonds. The lowest BCUT2D eigenvalue weighted by Gasteiger charge is -2.30. The number of carboxylic acid groups (broad SMARTS) is 1. The summed E-state index contributed by atoms with van der Waals surface area (Å²) < 4.78 is 0. The number of nitrogens with zero attached hydrogens (tertiary/aromatic N) is 1. The van der Waals surface area contributed by atoms with E-state index in [9.17, 15) is 9.59 Å². The number of aliphatic carboxylic acids is 1. The Bertz CT molecular complexity index is 525. The van der Waals surface area contributed by atoms with Gasteiger partial charge in [0.2, 0.25) is 0 Å². The number of hydrogen-bond donors (Lipinski definition) is 3. The molecule has 0 spiro atoms. The van der Waals surface area contributed by atoms with E-state index in [4.69, 9.17) is 5.11 Å². The van der Waals surface area contributed by atoms with Crippen molar-refractivity contribution >= 4 is 17.6 Å². The quantitative estimate of drug-likeness (QED) is 0.746. The maximum absolute atomic E-state index is 11.8. The standard InChI is InChI=1S/C15H21N3O3/c1-2-16-14(21)12-9-11(5-8-17-12)18-15(10-13(19)20)6-3-4-7-15/h5,8-9H,2-4,6-7,10H2,1H3,(H,16,21)(H,17,18)(H,19,20). The van der Waals surface area contributed by atoms with Gasteiger partial charge in [-0.25, -0.2) is 0 Å². The topological polar surface area (TPSA) is 91.3 Å². The number of carbonyl (C=O) groups is 2. The fraction of sp³-hybridized carbons (Fsp3) is 0.533. The van der Waals surface area contributed by atoms with Gasteiger partial charge < -0.3 is 15.7 Å². The minimum Gasteiger partial charge on any atom is -0.481 e. The molecule has 1 aliphatic rings. The van der Waals surface area contributed by atoms with Crippen LogP contribution in [0.25, 0.3) is 0 Å². The number of carbonyl (C=O) groups excluding carboxylic acids is 1. The zero-order valence-electron chi connectivity index (χ0n) is 12.2. The van der Waals surface area contributed by atoms with Crippen molar-refractivity contribution in [3.05, 3.63) is 24.0 Å². The zero-order valence-corrected chi connectivity index (χ0v) is 12.2. The van der Waals surface area contributed by atoms with Gasteiger partial charge in [-0.3, -0.25) is 14.6 Å². The molecule has 3 N–H and O–H groups in total. The number of carboxylic acids is 1. The van der Waals surface area contributed by atoms with E-state index in [1.54, 1.807) is 18.3 Å². The molecule has 1 saturated carbocycles. The third kappa shape index (κ3) is 3.93. The Hall–Kier alpha value is -2.11. The third-order valence-corrected chi connectivity index (χ3v) is 3.79. The number of rotatable bonds is 6. The number of amides is 1. The normalized spacial score (nSPS) is 16.4. The molecule has 0 aromatic carbocycles. The van der Waals surface area contributed by atoms with Gasteiger partial charge in [0.25, 0.3) is 5.91 Å². The summed E-state index contributed by atoms with van der Waals surface area (Å²) in [4.78, 5) is 26.9. The van der Waals surface area contributed by atoms with Crippen molar-refractivity contribution in [3.8, 4) is 0 Å². The summed E-state index contributed by atoms with van der Waals surface area (Å²) in [5.41, 5.74) is 0.672. The number of hydrogen-bond acceptors (Lipinski definition) is 4. The second-order valence-corrected chi connectivity index (χ2v) is 5.47. The van der Waals surface area contributed by atoms with Crippen LogP contribution in [0.15, 0.2) is 18.3 Å². The van der Waals surface area contributed by atoms with Gasteiger partial charge in [0.15, 0.2) is 0 Å². The molecule has 1 heterocycles. The van der Waals surface area contributed by atoms with Crippen LogP contribution in [-0.4, -0.2) is 34.1 Å². The first-order chi connectivity index (χ1) is 10.0. The van der Waals surface area contributed by atoms with Crippen LogP contribution in [0.1, 0.15) is 49.5 Å². The van der Waals surface area contributed by atoms with Crippen LogP contribution in [0.2, 0.25) is 0 Å². The zero-order chi connectivity index (χ0) is 15.3. The Morgan fingerprint density at radius 2 is 2.10 bits per heavy atom. The Kier molecular flexibility index (Phi) is 4.77. The van der Waals surface area contributed by atoms with Crippen LogP contribution < -0.4 is 10.6 Å². The molecule has 2 rings (SSSR count). The Morgan fingerprint density at radius 3 is 2.71 bits per heavy atom. The predicted molar refractivity (Wildman–Crippen MR) is 79.3 cm³/mol. The molecule has 1 aromatic heterocycles. The molecule has 0 aliphatic heterocycles. The van der Waals surface area contributed by atoms with Crippen molar-refractivity contribution in [1.82, 2.24) is 10.3 Å². The maximum Gasteiger partial charge on any atom is 0.305 e. The van der Waals surface area contributed by atoms with Gasteiger partial charge in [0.05, 0.1) is 6.42 Å². The summed E-state index contributed by atoms with van der Waals surface area (Å²) in [5.74, 6) is -1.03. The molecular weight excluding hydrogens is 270 g/mol. The van der Waals surface area contributed by atoms with Crippen LogP contribution in [-0.2, 0) is 4.79 Å². The van der Waals surface area contributed by atoms with Gasteiger partial charge >= 0.3 is 5.97 Å². The summed E-state index contributed by atoms with van der Waals surface area (Å²) in [6.07, 6.45) is 5.36. The first-order valence-electron chi connectivity index (χ1n) is 7.29. The van der Waals surface area contributed by atoms with Crippen molar-refractivity contribution in [2.75, 3.05) is 11.9 Å². The van der Waals surface area contributed by atoms with E-state index in [1.807, 2.05) is 6.92 Å². The number of pyridine rings is 1. The molecule has 0 unspecified atom stereocenters. The van der Waals surface area contributed by atoms with Gasteiger partial charge in [-0.1, -0.05) is 12.8 Å². The summed E-state index contributed by atoms with van der Waals surface area (Å²) >= 11 is 0. The van der Waals surface area contributed by atoms with Crippen molar-refractivity contribution in [2.45, 2.75) is 44.6 Å². The van der Waals surface area contributed by atoms with E-state index >= 15 is 0 Å². The highest BCUT2D eigenvalue weighted by atomic mass is 16.4. The average Bonchev–Trinajstić information content (AvgIpc) is 2.86. The average molecular weight is 291 g/mol. The molecule has 114 valence electrons. The highest BCUT2D eigenvalue weighted by Crippen LogP contribution is 2.35. The second-order valence-electron chi connectivity index (χ2n) is 5.47. The SMILES string of the molecule is CCNC(=O)c1cc(NC2(CC(=O)O)CCCC2)ccn1. The summed E-state index contributed by atoms with van der Waals surface area (Å²) in [5, 5.41) is 15.1. The molecule has 6 nitrogen and oxygen atoms in total. The monoisotopic (exact) mass is 291 g/mol. The molecule has 1 fully saturated rings. The smallest absolute Gasteiger partial charge is 0.305 e. The Balaban J connectivity index is 2.15. The van der Waals surface area contributed by atoms with Crippen molar-refractivity contribution in [2.24, 2.45) is 0 Å². The minimum absolute atomic E-state index is 0.0891. The van der Waals surface area contributed by atoms with Crippen molar-refractivity contribution in [1.29, 1.82) is 0 Å². The van der Waals surface area contributed by atoms with E-state index in [2.05, 4.69) is 15.6 Å². The molecule has 0 saturated heterocycles. The van der Waals surface area contributed by atoms with Crippen molar-refractivity contribution < 1.29 is 14.7 Å². The largest absolute Gasteiger partial charge is 0.481 e. The van der Waals surface area contributed by atoms with Crippen molar-refractivity contribution in [3.63, 3.8) is 0 Å². The summed E-state index contributed by atoms with van der Waals surface area (Å²) in [6, 6.07) is 3.44. The Labute approximate surface area is 124 Å². The molecule has 0 atom stereocenters. The molecule has 1 aliphatic carbocycles. The summed E-state index contributed by atoms with van der Waals surface area (Å²) in [7, 11) is 0. The Morgan fingerprint density at radius 1 is 1.38 bits per heavy atom. The van der Waals surface area contributed by atoms with Crippen LogP contribution in [0, 0.1) is 0 Å². The molecule has 0 radical (unpaired) electrons. The van der Waals surface area contributed by atoms with Gasteiger partial charge in [-0.05, 0) is 31.9 Å². The highest BCUT2D eigenvalue weighted by Gasteiger charge is 2.36. The number of aromatic nitrogens is 1. The minimum atomic E-state index is -0.803. The maximum atomic E-state index is 11.8. The van der Waals surface area contributed by atoms with E-state index in [0.29, 0.717) is 12.2 Å². The molecule has 1 aromatic rings. The van der Waals surface area contributed by atoms with Crippen LogP contribution in [0.4, 0.5) is 5.69 Å². The fourth-order valence-electron chi connectivity index (χ4n) is 2.88. The fourth-order valence-corrected chi connectivity index (χ4v) is 2.88. The van der Waals surface area contributed by atoms with Gasteiger partial charge in [0, 0.05) is 24.0 Å². The van der Waals surface area contributed by atoms with Gasteiger partial charge in [-0.2, -0.15) is 0 Å². The third-order valence-electron chi connectivity index (χ3n) is 3.79. The van der Waals surface area contributed by atoms with Crippen LogP contribution in [0.3, 0.4) is 0 Å². The van der Waals surface area contributed by atoms with E-state index in [-0.39, 0.29) is 12.3 Å². The van der Waals surface area contributed by atoms with Gasteiger partial charge in [-0.15, -0.1) is 0 Å². The van der Waals surface area contributed by atoms with E-state index in [0.717, 1.165) is 31.4 Å². The molecular formula is C15H21N3O3. The second kappa shape index (κ2) is 6.56. The lowest BCUT2D eigenvalue weighted by atomic mass is 9.93. The first kappa shape index (κ1) is 15.3. The van der Waals surface area contributed by atoms with Crippen LogP contribution in [0.5, 0.6) is 0 Å². The molecule has 21 heavy (non-hydrogen) atoms. The van der Waals surface area contributed by atoms with Crippen LogP contribution >= 0.6 is 0 Å². The number of anilines is 1. The number of nitrogens with one attached hydrogen (secondary N) is 2. The predicted octanol–water partition coefficient (Wildman–Crippen LogP) is 2.03. The highest BCUT2D eigenvalue weighted by molar-refractivity contribution is 5.93. The lowest BCUT2D eigenvalue weighted by molar-refractivity contribution is -0.138. The summed E-state index contributed by atoms with van der Waals surface area (Å²) in [6.45, 7) is 2.39. The molecule has 0 bridgehead atoms. The lowest BCUT2D eigenvalue weighted by Crippen LogP contribution is -2.37. The van der Waals surface area contributed by atoms with Gasteiger partial charge in [0.1, 0.15) is 5.69 Å². The van der Waals surface area contributed by atoms with E-state index in [1.165, 1.54) is 0 Å². The first-order valence-corrected chi connectivity index (χ1v) is 7.29.